The molecule has 0 unspecified atom stereocenters. The first kappa shape index (κ1) is 14.1. The maximum atomic E-state index is 12.4. The number of nitrogens with zero attached hydrogens (tertiary/aromatic N) is 2. The molecule has 1 aromatic rings. The summed E-state index contributed by atoms with van der Waals surface area (Å²) in [4.78, 5) is 0.956. The first-order valence-electron chi connectivity index (χ1n) is 5.09. The Kier molecular flexibility index (Phi) is 4.39. The minimum atomic E-state index is -4.38. The van der Waals surface area contributed by atoms with Crippen LogP contribution in [0.15, 0.2) is 18.2 Å². The maximum Gasteiger partial charge on any atom is 0.405 e. The maximum absolute atomic E-state index is 12.4. The van der Waals surface area contributed by atoms with E-state index in [1.807, 2.05) is 6.07 Å². The highest BCUT2D eigenvalue weighted by molar-refractivity contribution is 5.63. The number of benzene rings is 1. The largest absolute Gasteiger partial charge is 0.405 e. The van der Waals surface area contributed by atoms with Gasteiger partial charge in [0.1, 0.15) is 12.6 Å². The zero-order valence-corrected chi connectivity index (χ0v) is 9.41. The summed E-state index contributed by atoms with van der Waals surface area (Å²) < 4.78 is 37.1. The molecule has 18 heavy (non-hydrogen) atoms. The summed E-state index contributed by atoms with van der Waals surface area (Å²) in [7, 11) is 0. The van der Waals surface area contributed by atoms with E-state index in [9.17, 15) is 13.2 Å². The van der Waals surface area contributed by atoms with Crippen molar-refractivity contribution in [2.75, 3.05) is 30.3 Å². The van der Waals surface area contributed by atoms with Crippen molar-refractivity contribution in [3.8, 4) is 6.07 Å². The van der Waals surface area contributed by atoms with Gasteiger partial charge in [0.05, 0.1) is 17.9 Å². The number of hydrogen-bond acceptors (Lipinski definition) is 4. The molecular formula is C11H12F3N3O. The average molecular weight is 259 g/mol. The predicted molar refractivity (Wildman–Crippen MR) is 60.9 cm³/mol. The van der Waals surface area contributed by atoms with Gasteiger partial charge in [0.25, 0.3) is 0 Å². The number of aliphatic hydroxyl groups is 1. The van der Waals surface area contributed by atoms with E-state index in [2.05, 4.69) is 0 Å². The molecule has 0 saturated carbocycles. The van der Waals surface area contributed by atoms with Gasteiger partial charge in [-0.05, 0) is 18.2 Å². The van der Waals surface area contributed by atoms with Gasteiger partial charge in [-0.2, -0.15) is 18.4 Å². The third kappa shape index (κ3) is 3.82. The van der Waals surface area contributed by atoms with Crippen molar-refractivity contribution >= 4 is 11.4 Å². The van der Waals surface area contributed by atoms with E-state index in [-0.39, 0.29) is 23.5 Å². The Bertz CT molecular complexity index is 454. The Labute approximate surface area is 102 Å². The minimum absolute atomic E-state index is 0.111. The lowest BCUT2D eigenvalue weighted by Crippen LogP contribution is -2.36. The number of nitriles is 1. The molecule has 0 aromatic heterocycles. The summed E-state index contributed by atoms with van der Waals surface area (Å²) >= 11 is 0. The van der Waals surface area contributed by atoms with Crippen LogP contribution < -0.4 is 10.6 Å². The molecule has 0 amide bonds. The summed E-state index contributed by atoms with van der Waals surface area (Å²) in [5.41, 5.74) is 6.07. The van der Waals surface area contributed by atoms with Crippen LogP contribution in [0.1, 0.15) is 5.56 Å². The summed E-state index contributed by atoms with van der Waals surface area (Å²) in [5.74, 6) is 0. The van der Waals surface area contributed by atoms with Gasteiger partial charge in [0.2, 0.25) is 0 Å². The van der Waals surface area contributed by atoms with Crippen molar-refractivity contribution in [3.63, 3.8) is 0 Å². The van der Waals surface area contributed by atoms with E-state index in [0.29, 0.717) is 0 Å². The van der Waals surface area contributed by atoms with Gasteiger partial charge in [-0.1, -0.05) is 0 Å². The molecule has 7 heteroatoms. The molecule has 3 N–H and O–H groups in total. The number of anilines is 2. The first-order valence-corrected chi connectivity index (χ1v) is 5.09. The van der Waals surface area contributed by atoms with Gasteiger partial charge >= 0.3 is 6.18 Å². The smallest absolute Gasteiger partial charge is 0.398 e. The van der Waals surface area contributed by atoms with Crippen LogP contribution >= 0.6 is 0 Å². The van der Waals surface area contributed by atoms with E-state index in [4.69, 9.17) is 16.1 Å². The number of nitrogens with two attached hydrogens (primary N) is 1. The molecule has 0 aliphatic carbocycles. The molecule has 0 fully saturated rings. The van der Waals surface area contributed by atoms with Crippen LogP contribution in [0.25, 0.3) is 0 Å². The Hall–Kier alpha value is -1.94. The molecular weight excluding hydrogens is 247 g/mol. The molecule has 4 nitrogen and oxygen atoms in total. The van der Waals surface area contributed by atoms with Crippen LogP contribution in [-0.2, 0) is 0 Å². The molecule has 0 aliphatic heterocycles. The van der Waals surface area contributed by atoms with Crippen molar-refractivity contribution in [1.82, 2.24) is 0 Å². The molecule has 0 radical (unpaired) electrons. The summed E-state index contributed by atoms with van der Waals surface area (Å²) in [6, 6.07) is 5.84. The predicted octanol–water partition coefficient (Wildman–Crippen LogP) is 1.50. The lowest BCUT2D eigenvalue weighted by Gasteiger charge is -2.25. The Balaban J connectivity index is 2.99. The second-order valence-corrected chi connectivity index (χ2v) is 3.64. The van der Waals surface area contributed by atoms with Crippen molar-refractivity contribution in [1.29, 1.82) is 5.26 Å². The van der Waals surface area contributed by atoms with Gasteiger partial charge in [0, 0.05) is 12.2 Å². The Morgan fingerprint density at radius 3 is 2.50 bits per heavy atom. The van der Waals surface area contributed by atoms with Crippen LogP contribution in [0.2, 0.25) is 0 Å². The lowest BCUT2D eigenvalue weighted by molar-refractivity contribution is -0.119. The third-order valence-corrected chi connectivity index (χ3v) is 2.26. The SMILES string of the molecule is N#Cc1ccc(N(CCO)CC(F)(F)F)cc1N. The number of halogens is 3. The summed E-state index contributed by atoms with van der Waals surface area (Å²) in [5, 5.41) is 17.4. The van der Waals surface area contributed by atoms with Crippen molar-refractivity contribution < 1.29 is 18.3 Å². The zero-order valence-electron chi connectivity index (χ0n) is 9.41. The molecule has 0 spiro atoms. The number of alkyl halides is 3. The van der Waals surface area contributed by atoms with Crippen LogP contribution in [0.3, 0.4) is 0 Å². The fourth-order valence-electron chi connectivity index (χ4n) is 1.49. The van der Waals surface area contributed by atoms with Gasteiger partial charge in [-0.15, -0.1) is 0 Å². The zero-order chi connectivity index (χ0) is 13.8. The highest BCUT2D eigenvalue weighted by Crippen LogP contribution is 2.25. The standard InChI is InChI=1S/C11H12F3N3O/c12-11(13,14)7-17(3-4-18)9-2-1-8(6-15)10(16)5-9/h1-2,5,18H,3-4,7,16H2. The highest BCUT2D eigenvalue weighted by Gasteiger charge is 2.30. The molecule has 0 saturated heterocycles. The fraction of sp³-hybridized carbons (Fsp3) is 0.364. The Morgan fingerprint density at radius 2 is 2.06 bits per heavy atom. The van der Waals surface area contributed by atoms with Crippen LogP contribution in [0.5, 0.6) is 0 Å². The molecule has 0 aliphatic rings. The monoisotopic (exact) mass is 259 g/mol. The number of rotatable bonds is 4. The molecule has 0 bridgehead atoms. The highest BCUT2D eigenvalue weighted by atomic mass is 19.4. The van der Waals surface area contributed by atoms with E-state index in [1.54, 1.807) is 0 Å². The van der Waals surface area contributed by atoms with E-state index in [1.165, 1.54) is 18.2 Å². The summed E-state index contributed by atoms with van der Waals surface area (Å²) in [6.45, 7) is -1.75. The molecule has 98 valence electrons. The van der Waals surface area contributed by atoms with Crippen LogP contribution in [-0.4, -0.2) is 31.0 Å². The minimum Gasteiger partial charge on any atom is -0.398 e. The molecule has 0 atom stereocenters. The Morgan fingerprint density at radius 1 is 1.39 bits per heavy atom. The number of nitrogen functional groups attached to an aromatic ring is 1. The molecule has 1 rings (SSSR count). The second-order valence-electron chi connectivity index (χ2n) is 3.64. The lowest BCUT2D eigenvalue weighted by atomic mass is 10.1. The van der Waals surface area contributed by atoms with Gasteiger partial charge in [-0.3, -0.25) is 0 Å². The van der Waals surface area contributed by atoms with Crippen LogP contribution in [0.4, 0.5) is 24.5 Å². The van der Waals surface area contributed by atoms with Crippen molar-refractivity contribution in [2.24, 2.45) is 0 Å². The summed E-state index contributed by atoms with van der Waals surface area (Å²) in [6.07, 6.45) is -4.38. The second kappa shape index (κ2) is 5.60. The van der Waals surface area contributed by atoms with Gasteiger partial charge < -0.3 is 15.7 Å². The third-order valence-electron chi connectivity index (χ3n) is 2.26. The normalized spacial score (nSPS) is 11.1. The first-order chi connectivity index (χ1) is 8.37. The van der Waals surface area contributed by atoms with Crippen molar-refractivity contribution in [3.05, 3.63) is 23.8 Å². The fourth-order valence-corrected chi connectivity index (χ4v) is 1.49. The molecule has 0 heterocycles. The molecule has 1 aromatic carbocycles. The topological polar surface area (TPSA) is 73.3 Å². The van der Waals surface area contributed by atoms with Crippen molar-refractivity contribution in [2.45, 2.75) is 6.18 Å². The quantitative estimate of drug-likeness (QED) is 0.804. The van der Waals surface area contributed by atoms with Crippen LogP contribution in [0, 0.1) is 11.3 Å². The number of hydrogen-bond donors (Lipinski definition) is 2. The van der Waals surface area contributed by atoms with Gasteiger partial charge in [-0.25, -0.2) is 0 Å². The van der Waals surface area contributed by atoms with E-state index >= 15 is 0 Å². The average Bonchev–Trinajstić information content (AvgIpc) is 2.26. The number of aliphatic hydroxyl groups excluding tert-OH is 1. The van der Waals surface area contributed by atoms with E-state index in [0.717, 1.165) is 4.90 Å². The van der Waals surface area contributed by atoms with E-state index < -0.39 is 19.3 Å². The van der Waals surface area contributed by atoms with Gasteiger partial charge in [0.15, 0.2) is 0 Å².